The highest BCUT2D eigenvalue weighted by Gasteiger charge is 2.18. The van der Waals surface area contributed by atoms with Crippen molar-refractivity contribution in [1.29, 1.82) is 0 Å². The van der Waals surface area contributed by atoms with Gasteiger partial charge in [0.1, 0.15) is 0 Å². The Kier molecular flexibility index (Phi) is 8.32. The molecule has 0 radical (unpaired) electrons. The van der Waals surface area contributed by atoms with E-state index in [0.29, 0.717) is 11.6 Å². The van der Waals surface area contributed by atoms with Crippen LogP contribution in [0.4, 0.5) is 0 Å². The van der Waals surface area contributed by atoms with Gasteiger partial charge in [-0.05, 0) is 35.4 Å². The molecular formula is C50H32N4S. The lowest BCUT2D eigenvalue weighted by Gasteiger charge is -2.11. The molecule has 10 rings (SSSR count). The third kappa shape index (κ3) is 6.37. The van der Waals surface area contributed by atoms with Gasteiger partial charge in [0.05, 0.1) is 22.8 Å². The van der Waals surface area contributed by atoms with Crippen molar-refractivity contribution in [3.63, 3.8) is 0 Å². The normalized spacial score (nSPS) is 11.3. The first-order valence-corrected chi connectivity index (χ1v) is 19.1. The molecular weight excluding hydrogens is 689 g/mol. The van der Waals surface area contributed by atoms with Crippen LogP contribution in [-0.2, 0) is 0 Å². The fourth-order valence-electron chi connectivity index (χ4n) is 7.18. The first-order valence-electron chi connectivity index (χ1n) is 18.3. The summed E-state index contributed by atoms with van der Waals surface area (Å²) >= 11 is 1.78. The van der Waals surface area contributed by atoms with Gasteiger partial charge in [0.25, 0.3) is 0 Å². The summed E-state index contributed by atoms with van der Waals surface area (Å²) in [7, 11) is 0. The van der Waals surface area contributed by atoms with Gasteiger partial charge in [-0.2, -0.15) is 0 Å². The second-order valence-corrected chi connectivity index (χ2v) is 14.5. The van der Waals surface area contributed by atoms with Gasteiger partial charge in [0, 0.05) is 53.6 Å². The molecule has 7 aromatic carbocycles. The van der Waals surface area contributed by atoms with Gasteiger partial charge in [-0.25, -0.2) is 19.9 Å². The van der Waals surface area contributed by atoms with Crippen molar-refractivity contribution >= 4 is 31.5 Å². The van der Waals surface area contributed by atoms with Crippen molar-refractivity contribution in [2.45, 2.75) is 0 Å². The number of rotatable bonds is 7. The molecule has 5 heteroatoms. The lowest BCUT2D eigenvalue weighted by atomic mass is 10.0. The summed E-state index contributed by atoms with van der Waals surface area (Å²) in [4.78, 5) is 20.6. The lowest BCUT2D eigenvalue weighted by Crippen LogP contribution is -1.96. The van der Waals surface area contributed by atoms with E-state index in [2.05, 4.69) is 158 Å². The van der Waals surface area contributed by atoms with Crippen LogP contribution in [-0.4, -0.2) is 19.9 Å². The van der Waals surface area contributed by atoms with Crippen LogP contribution in [0.25, 0.3) is 99.1 Å². The Morgan fingerprint density at radius 1 is 0.291 bits per heavy atom. The Balaban J connectivity index is 1.10. The third-order valence-corrected chi connectivity index (χ3v) is 11.1. The Hall–Kier alpha value is -7.08. The van der Waals surface area contributed by atoms with Gasteiger partial charge >= 0.3 is 0 Å². The number of hydrogen-bond donors (Lipinski definition) is 0. The van der Waals surface area contributed by atoms with Gasteiger partial charge < -0.3 is 0 Å². The summed E-state index contributed by atoms with van der Waals surface area (Å²) in [5.41, 5.74) is 12.1. The van der Waals surface area contributed by atoms with E-state index in [9.17, 15) is 0 Å². The zero-order valence-corrected chi connectivity index (χ0v) is 30.5. The zero-order chi connectivity index (χ0) is 36.6. The molecule has 0 saturated heterocycles. The van der Waals surface area contributed by atoms with Crippen molar-refractivity contribution in [3.8, 4) is 78.9 Å². The molecule has 0 fully saturated rings. The maximum Gasteiger partial charge on any atom is 0.161 e. The Labute approximate surface area is 323 Å². The molecule has 0 amide bonds. The largest absolute Gasteiger partial charge is 0.228 e. The molecule has 3 heterocycles. The fraction of sp³-hybridized carbons (Fsp3) is 0. The SMILES string of the molecule is c1ccc(-c2ccc(-c3nc(-c4ccccc4)cc(-c4ccc5c(c4)sc4cccc(-c6nc(-c7ccccc7)cc(-c7ccccc7)n6)c45)n3)cc2)cc1. The molecule has 0 aliphatic rings. The van der Waals surface area contributed by atoms with E-state index in [4.69, 9.17) is 19.9 Å². The third-order valence-electron chi connectivity index (χ3n) is 9.94. The van der Waals surface area contributed by atoms with Gasteiger partial charge in [0.2, 0.25) is 0 Å². The molecule has 3 aromatic heterocycles. The average molecular weight is 721 g/mol. The minimum Gasteiger partial charge on any atom is -0.228 e. The van der Waals surface area contributed by atoms with Crippen molar-refractivity contribution in [2.75, 3.05) is 0 Å². The molecule has 0 aliphatic carbocycles. The number of nitrogens with zero attached hydrogens (tertiary/aromatic N) is 4. The van der Waals surface area contributed by atoms with E-state index in [-0.39, 0.29) is 0 Å². The predicted octanol–water partition coefficient (Wildman–Crippen LogP) is 13.3. The van der Waals surface area contributed by atoms with Gasteiger partial charge in [-0.15, -0.1) is 11.3 Å². The molecule has 0 saturated carbocycles. The monoisotopic (exact) mass is 720 g/mol. The number of aromatic nitrogens is 4. The van der Waals surface area contributed by atoms with Crippen LogP contribution in [0, 0.1) is 0 Å². The van der Waals surface area contributed by atoms with Crippen molar-refractivity contribution in [1.82, 2.24) is 19.9 Å². The highest BCUT2D eigenvalue weighted by Crippen LogP contribution is 2.42. The number of thiophene rings is 1. The Morgan fingerprint density at radius 2 is 0.727 bits per heavy atom. The summed E-state index contributed by atoms with van der Waals surface area (Å²) in [6, 6.07) is 67.3. The molecule has 55 heavy (non-hydrogen) atoms. The van der Waals surface area contributed by atoms with Gasteiger partial charge in [0.15, 0.2) is 11.6 Å². The van der Waals surface area contributed by atoms with Crippen LogP contribution in [0.2, 0.25) is 0 Å². The smallest absolute Gasteiger partial charge is 0.161 e. The van der Waals surface area contributed by atoms with Crippen molar-refractivity contribution < 1.29 is 0 Å². The Morgan fingerprint density at radius 3 is 1.27 bits per heavy atom. The first-order chi connectivity index (χ1) is 27.2. The molecule has 0 aliphatic heterocycles. The zero-order valence-electron chi connectivity index (χ0n) is 29.7. The van der Waals surface area contributed by atoms with Gasteiger partial charge in [-0.3, -0.25) is 0 Å². The summed E-state index contributed by atoms with van der Waals surface area (Å²) in [5, 5.41) is 2.33. The Bertz CT molecular complexity index is 2890. The molecule has 0 spiro atoms. The average Bonchev–Trinajstić information content (AvgIpc) is 3.66. The second-order valence-electron chi connectivity index (χ2n) is 13.5. The van der Waals surface area contributed by atoms with E-state index < -0.39 is 0 Å². The summed E-state index contributed by atoms with van der Waals surface area (Å²) in [6.07, 6.45) is 0. The van der Waals surface area contributed by atoms with E-state index in [1.54, 1.807) is 11.3 Å². The van der Waals surface area contributed by atoms with E-state index >= 15 is 0 Å². The van der Waals surface area contributed by atoms with Gasteiger partial charge in [-0.1, -0.05) is 170 Å². The van der Waals surface area contributed by atoms with Crippen LogP contribution in [0.3, 0.4) is 0 Å². The predicted molar refractivity (Wildman–Crippen MR) is 229 cm³/mol. The number of hydrogen-bond acceptors (Lipinski definition) is 5. The maximum atomic E-state index is 5.18. The van der Waals surface area contributed by atoms with Crippen molar-refractivity contribution in [3.05, 3.63) is 194 Å². The number of fused-ring (bicyclic) bond motifs is 3. The number of benzene rings is 7. The summed E-state index contributed by atoms with van der Waals surface area (Å²) in [5.74, 6) is 1.40. The molecule has 258 valence electrons. The van der Waals surface area contributed by atoms with E-state index in [1.807, 2.05) is 36.4 Å². The highest BCUT2D eigenvalue weighted by atomic mass is 32.1. The molecule has 10 aromatic rings. The minimum atomic E-state index is 0.694. The molecule has 4 nitrogen and oxygen atoms in total. The lowest BCUT2D eigenvalue weighted by molar-refractivity contribution is 1.18. The molecule has 0 atom stereocenters. The molecule has 0 unspecified atom stereocenters. The van der Waals surface area contributed by atoms with Crippen LogP contribution in [0.5, 0.6) is 0 Å². The summed E-state index contributed by atoms with van der Waals surface area (Å²) in [6.45, 7) is 0. The van der Waals surface area contributed by atoms with E-state index in [0.717, 1.165) is 67.1 Å². The summed E-state index contributed by atoms with van der Waals surface area (Å²) < 4.78 is 2.36. The minimum absolute atomic E-state index is 0.694. The fourth-order valence-corrected chi connectivity index (χ4v) is 8.35. The topological polar surface area (TPSA) is 51.6 Å². The molecule has 0 N–H and O–H groups in total. The van der Waals surface area contributed by atoms with Crippen LogP contribution >= 0.6 is 11.3 Å². The second kappa shape index (κ2) is 14.0. The standard InChI is InChI=1S/C50H32N4S/c1-5-14-33(15-6-1)34-24-26-38(27-25-34)49-51-42(35-16-7-2-8-17-35)32-45(52-49)39-28-29-40-47(30-39)55-46-23-13-22-41(48(40)46)50-53-43(36-18-9-3-10-19-36)31-44(54-50)37-20-11-4-12-21-37/h1-32H. The quantitative estimate of drug-likeness (QED) is 0.164. The van der Waals surface area contributed by atoms with Crippen LogP contribution in [0.1, 0.15) is 0 Å². The highest BCUT2D eigenvalue weighted by molar-refractivity contribution is 7.26. The first kappa shape index (κ1) is 32.6. The van der Waals surface area contributed by atoms with Crippen molar-refractivity contribution in [2.24, 2.45) is 0 Å². The molecule has 0 bridgehead atoms. The maximum absolute atomic E-state index is 5.18. The van der Waals surface area contributed by atoms with Crippen LogP contribution in [0.15, 0.2) is 194 Å². The van der Waals surface area contributed by atoms with E-state index in [1.165, 1.54) is 20.3 Å². The van der Waals surface area contributed by atoms with Crippen LogP contribution < -0.4 is 0 Å².